The van der Waals surface area contributed by atoms with Gasteiger partial charge in [-0.2, -0.15) is 4.31 Å². The lowest BCUT2D eigenvalue weighted by Gasteiger charge is -2.27. The molecule has 0 saturated carbocycles. The van der Waals surface area contributed by atoms with Crippen LogP contribution in [0.1, 0.15) is 19.3 Å². The summed E-state index contributed by atoms with van der Waals surface area (Å²) in [6, 6.07) is 4.06. The monoisotopic (exact) mass is 404 g/mol. The van der Waals surface area contributed by atoms with E-state index in [4.69, 9.17) is 5.73 Å². The molecule has 2 fully saturated rings. The number of non-ortho nitro benzene ring substituents is 1. The van der Waals surface area contributed by atoms with E-state index in [9.17, 15) is 23.3 Å². The largest absolute Gasteiger partial charge is 0.340 e. The summed E-state index contributed by atoms with van der Waals surface area (Å²) in [4.78, 5) is 24.4. The van der Waals surface area contributed by atoms with Crippen LogP contribution in [0.25, 0.3) is 0 Å². The van der Waals surface area contributed by atoms with Gasteiger partial charge in [0, 0.05) is 37.8 Å². The molecule has 1 aromatic rings. The molecule has 26 heavy (non-hydrogen) atoms. The Kier molecular flexibility index (Phi) is 6.22. The van der Waals surface area contributed by atoms with Crippen LogP contribution in [0.2, 0.25) is 0 Å². The first-order valence-electron chi connectivity index (χ1n) is 8.11. The molecule has 3 rings (SSSR count). The van der Waals surface area contributed by atoms with Gasteiger partial charge < -0.3 is 10.6 Å². The Balaban J connectivity index is 0.00000243. The Hall–Kier alpha value is -1.75. The van der Waals surface area contributed by atoms with Gasteiger partial charge in [0.05, 0.1) is 9.82 Å². The highest BCUT2D eigenvalue weighted by Crippen LogP contribution is 2.29. The molecule has 1 unspecified atom stereocenters. The molecule has 0 bridgehead atoms. The summed E-state index contributed by atoms with van der Waals surface area (Å²) in [5.74, 6) is -0.237. The van der Waals surface area contributed by atoms with Crippen molar-refractivity contribution in [2.75, 3.05) is 19.6 Å². The molecular formula is C15H21ClN4O5S. The van der Waals surface area contributed by atoms with E-state index < -0.39 is 21.0 Å². The number of sulfonamides is 1. The maximum Gasteiger partial charge on any atom is 0.270 e. The van der Waals surface area contributed by atoms with Crippen molar-refractivity contribution in [1.29, 1.82) is 0 Å². The molecule has 0 radical (unpaired) electrons. The minimum atomic E-state index is -3.98. The van der Waals surface area contributed by atoms with Gasteiger partial charge in [0.15, 0.2) is 0 Å². The number of nitro benzene ring substituents is 1. The number of hydrogen-bond donors (Lipinski definition) is 1. The molecule has 0 aromatic heterocycles. The van der Waals surface area contributed by atoms with Crippen LogP contribution < -0.4 is 5.73 Å². The van der Waals surface area contributed by atoms with Crippen LogP contribution in [0.15, 0.2) is 29.2 Å². The van der Waals surface area contributed by atoms with Crippen molar-refractivity contribution in [3.63, 3.8) is 0 Å². The van der Waals surface area contributed by atoms with E-state index in [1.165, 1.54) is 18.2 Å². The van der Waals surface area contributed by atoms with E-state index in [1.807, 2.05) is 0 Å². The molecule has 2 aliphatic rings. The average Bonchev–Trinajstić information content (AvgIpc) is 3.23. The van der Waals surface area contributed by atoms with E-state index in [2.05, 4.69) is 0 Å². The molecule has 0 aliphatic carbocycles. The summed E-state index contributed by atoms with van der Waals surface area (Å²) < 4.78 is 27.0. The third kappa shape index (κ3) is 3.83. The lowest BCUT2D eigenvalue weighted by atomic mass is 10.2. The van der Waals surface area contributed by atoms with Crippen LogP contribution in [-0.2, 0) is 14.8 Å². The minimum absolute atomic E-state index is 0. The molecular weight excluding hydrogens is 384 g/mol. The maximum atomic E-state index is 12.9. The smallest absolute Gasteiger partial charge is 0.270 e. The van der Waals surface area contributed by atoms with Crippen molar-refractivity contribution < 1.29 is 18.1 Å². The fourth-order valence-electron chi connectivity index (χ4n) is 3.37. The second kappa shape index (κ2) is 7.87. The number of amides is 1. The number of rotatable bonds is 4. The van der Waals surface area contributed by atoms with Crippen molar-refractivity contribution >= 4 is 34.0 Å². The maximum absolute atomic E-state index is 12.9. The zero-order valence-electron chi connectivity index (χ0n) is 14.0. The molecule has 144 valence electrons. The van der Waals surface area contributed by atoms with Gasteiger partial charge in [-0.1, -0.05) is 6.07 Å². The van der Waals surface area contributed by atoms with E-state index in [1.54, 1.807) is 4.90 Å². The first kappa shape index (κ1) is 20.6. The van der Waals surface area contributed by atoms with Gasteiger partial charge in [-0.15, -0.1) is 12.4 Å². The first-order chi connectivity index (χ1) is 11.8. The zero-order chi connectivity index (χ0) is 18.2. The summed E-state index contributed by atoms with van der Waals surface area (Å²) >= 11 is 0. The van der Waals surface area contributed by atoms with E-state index in [0.717, 1.165) is 10.4 Å². The molecule has 11 heteroatoms. The predicted molar refractivity (Wildman–Crippen MR) is 96.4 cm³/mol. The fraction of sp³-hybridized carbons (Fsp3) is 0.533. The van der Waals surface area contributed by atoms with E-state index in [-0.39, 0.29) is 41.5 Å². The van der Waals surface area contributed by atoms with E-state index in [0.29, 0.717) is 32.4 Å². The molecule has 2 heterocycles. The molecule has 2 aliphatic heterocycles. The van der Waals surface area contributed by atoms with Gasteiger partial charge in [0.25, 0.3) is 5.69 Å². The van der Waals surface area contributed by atoms with Gasteiger partial charge in [0.1, 0.15) is 6.04 Å². The number of benzene rings is 1. The Morgan fingerprint density at radius 2 is 2.00 bits per heavy atom. The first-order valence-corrected chi connectivity index (χ1v) is 9.55. The number of nitro groups is 1. The summed E-state index contributed by atoms with van der Waals surface area (Å²) in [6.07, 6.45) is 1.72. The molecule has 1 aromatic carbocycles. The third-order valence-electron chi connectivity index (χ3n) is 4.66. The Morgan fingerprint density at radius 3 is 2.62 bits per heavy atom. The van der Waals surface area contributed by atoms with Crippen molar-refractivity contribution in [3.8, 4) is 0 Å². The number of likely N-dealkylation sites (tertiary alicyclic amines) is 1. The lowest BCUT2D eigenvalue weighted by molar-refractivity contribution is -0.385. The highest BCUT2D eigenvalue weighted by molar-refractivity contribution is 7.89. The van der Waals surface area contributed by atoms with Crippen LogP contribution in [-0.4, -0.2) is 60.2 Å². The number of carbonyl (C=O) groups is 1. The van der Waals surface area contributed by atoms with Gasteiger partial charge in [-0.05, 0) is 25.3 Å². The SMILES string of the molecule is Cl.N[C@@H]1CCN(C(=O)C2CCCN2S(=O)(=O)c2cccc([N+](=O)[O-])c2)C1. The number of halogens is 1. The second-order valence-electron chi connectivity index (χ2n) is 6.36. The highest BCUT2D eigenvalue weighted by atomic mass is 35.5. The van der Waals surface area contributed by atoms with Crippen LogP contribution >= 0.6 is 12.4 Å². The summed E-state index contributed by atoms with van der Waals surface area (Å²) in [5, 5.41) is 10.9. The number of hydrogen-bond acceptors (Lipinski definition) is 6. The molecule has 0 spiro atoms. The van der Waals surface area contributed by atoms with Gasteiger partial charge >= 0.3 is 0 Å². The summed E-state index contributed by atoms with van der Waals surface area (Å²) in [5.41, 5.74) is 5.53. The van der Waals surface area contributed by atoms with E-state index >= 15 is 0 Å². The Labute approximate surface area is 157 Å². The minimum Gasteiger partial charge on any atom is -0.340 e. The molecule has 2 N–H and O–H groups in total. The zero-order valence-corrected chi connectivity index (χ0v) is 15.6. The molecule has 2 atom stereocenters. The second-order valence-corrected chi connectivity index (χ2v) is 8.25. The average molecular weight is 405 g/mol. The van der Waals surface area contributed by atoms with Crippen LogP contribution in [0.4, 0.5) is 5.69 Å². The lowest BCUT2D eigenvalue weighted by Crippen LogP contribution is -2.47. The van der Waals surface area contributed by atoms with Crippen LogP contribution in [0.5, 0.6) is 0 Å². The van der Waals surface area contributed by atoms with Crippen LogP contribution in [0.3, 0.4) is 0 Å². The fourth-order valence-corrected chi connectivity index (χ4v) is 5.06. The quantitative estimate of drug-likeness (QED) is 0.582. The normalized spacial score (nSPS) is 23.7. The standard InChI is InChI=1S/C15H20N4O5S.ClH/c16-11-6-8-17(10-11)15(20)14-5-2-7-18(14)25(23,24)13-4-1-3-12(9-13)19(21)22;/h1,3-4,9,11,14H,2,5-8,10,16H2;1H/t11-,14?;/m1./s1. The highest BCUT2D eigenvalue weighted by Gasteiger charge is 2.42. The number of nitrogens with zero attached hydrogens (tertiary/aromatic N) is 3. The third-order valence-corrected chi connectivity index (χ3v) is 6.56. The molecule has 1 amide bonds. The van der Waals surface area contributed by atoms with Gasteiger partial charge in [-0.25, -0.2) is 8.42 Å². The molecule has 9 nitrogen and oxygen atoms in total. The predicted octanol–water partition coefficient (Wildman–Crippen LogP) is 0.729. The molecule has 2 saturated heterocycles. The summed E-state index contributed by atoms with van der Waals surface area (Å²) in [6.45, 7) is 1.18. The number of nitrogens with two attached hydrogens (primary N) is 1. The Morgan fingerprint density at radius 1 is 1.27 bits per heavy atom. The van der Waals surface area contributed by atoms with Gasteiger partial charge in [-0.3, -0.25) is 14.9 Å². The Bertz CT molecular complexity index is 803. The topological polar surface area (TPSA) is 127 Å². The summed E-state index contributed by atoms with van der Waals surface area (Å²) in [7, 11) is -3.98. The van der Waals surface area contributed by atoms with Crippen molar-refractivity contribution in [2.24, 2.45) is 5.73 Å². The van der Waals surface area contributed by atoms with Crippen molar-refractivity contribution in [3.05, 3.63) is 34.4 Å². The van der Waals surface area contributed by atoms with Crippen molar-refractivity contribution in [1.82, 2.24) is 9.21 Å². The number of carbonyl (C=O) groups excluding carboxylic acids is 1. The van der Waals surface area contributed by atoms with Crippen LogP contribution in [0, 0.1) is 10.1 Å². The van der Waals surface area contributed by atoms with Crippen molar-refractivity contribution in [2.45, 2.75) is 36.2 Å². The van der Waals surface area contributed by atoms with Gasteiger partial charge in [0.2, 0.25) is 15.9 Å².